The quantitative estimate of drug-likeness (QED) is 0.570. The average Bonchev–Trinajstić information content (AvgIpc) is 3.58. The standard InChI is InChI=1S/C27H29N3O4S/c1-17(31)28-16-18-11-12-20(13-18)19-5-2-8-23(15-19)35(33,34)30-27(32)29-26-24-9-3-6-21(24)14-22-7-4-10-25(22)26/h2,5,8,11-15,20H,3-4,6-7,9-10,16H2,1H3,(H,28,31)(H2,29,30,32). The number of rotatable bonds is 6. The minimum absolute atomic E-state index is 0.0331. The fourth-order valence-corrected chi connectivity index (χ4v) is 6.26. The van der Waals surface area contributed by atoms with E-state index in [1.165, 1.54) is 24.1 Å². The molecule has 0 radical (unpaired) electrons. The van der Waals surface area contributed by atoms with Gasteiger partial charge in [0.15, 0.2) is 0 Å². The van der Waals surface area contributed by atoms with Crippen molar-refractivity contribution >= 4 is 27.6 Å². The Hall–Kier alpha value is -3.39. The molecule has 0 fully saturated rings. The third kappa shape index (κ3) is 4.89. The van der Waals surface area contributed by atoms with Crippen molar-refractivity contribution in [3.63, 3.8) is 0 Å². The summed E-state index contributed by atoms with van der Waals surface area (Å²) in [5, 5.41) is 5.64. The van der Waals surface area contributed by atoms with Gasteiger partial charge in [0.2, 0.25) is 5.91 Å². The summed E-state index contributed by atoms with van der Waals surface area (Å²) >= 11 is 0. The number of nitrogens with one attached hydrogen (secondary N) is 3. The molecule has 5 rings (SSSR count). The molecule has 2 aromatic carbocycles. The van der Waals surface area contributed by atoms with E-state index >= 15 is 0 Å². The maximum atomic E-state index is 13.1. The molecule has 3 aliphatic rings. The van der Waals surface area contributed by atoms with Crippen molar-refractivity contribution in [1.29, 1.82) is 0 Å². The molecule has 35 heavy (non-hydrogen) atoms. The summed E-state index contributed by atoms with van der Waals surface area (Å²) in [4.78, 5) is 24.0. The molecule has 0 aliphatic heterocycles. The zero-order valence-corrected chi connectivity index (χ0v) is 20.5. The summed E-state index contributed by atoms with van der Waals surface area (Å²) in [7, 11) is -4.06. The number of aryl methyl sites for hydroxylation is 2. The van der Waals surface area contributed by atoms with Gasteiger partial charge in [-0.1, -0.05) is 36.4 Å². The number of carbonyl (C=O) groups excluding carboxylic acids is 2. The van der Waals surface area contributed by atoms with Crippen LogP contribution in [0.2, 0.25) is 0 Å². The fraction of sp³-hybridized carbons (Fsp3) is 0.333. The highest BCUT2D eigenvalue weighted by Gasteiger charge is 2.26. The maximum Gasteiger partial charge on any atom is 0.333 e. The van der Waals surface area contributed by atoms with Gasteiger partial charge in [0, 0.05) is 25.1 Å². The molecule has 0 bridgehead atoms. The fourth-order valence-electron chi connectivity index (χ4n) is 5.30. The van der Waals surface area contributed by atoms with Gasteiger partial charge in [0.1, 0.15) is 0 Å². The van der Waals surface area contributed by atoms with Gasteiger partial charge in [-0.25, -0.2) is 17.9 Å². The second-order valence-corrected chi connectivity index (χ2v) is 11.1. The molecule has 0 heterocycles. The largest absolute Gasteiger partial charge is 0.352 e. The number of anilines is 1. The first-order chi connectivity index (χ1) is 16.8. The minimum atomic E-state index is -4.06. The molecule has 2 aromatic rings. The first-order valence-electron chi connectivity index (χ1n) is 12.0. The molecule has 1 unspecified atom stereocenters. The number of hydrogen-bond acceptors (Lipinski definition) is 4. The van der Waals surface area contributed by atoms with E-state index in [-0.39, 0.29) is 16.7 Å². The van der Waals surface area contributed by atoms with Gasteiger partial charge in [-0.05, 0) is 84.0 Å². The van der Waals surface area contributed by atoms with E-state index in [9.17, 15) is 18.0 Å². The molecular formula is C27H29N3O4S. The van der Waals surface area contributed by atoms with Crippen LogP contribution in [0.3, 0.4) is 0 Å². The van der Waals surface area contributed by atoms with Gasteiger partial charge in [0.25, 0.3) is 10.0 Å². The lowest BCUT2D eigenvalue weighted by Crippen LogP contribution is -2.35. The summed E-state index contributed by atoms with van der Waals surface area (Å²) in [5.74, 6) is -0.206. The van der Waals surface area contributed by atoms with E-state index in [1.54, 1.807) is 12.1 Å². The molecule has 1 atom stereocenters. The Morgan fingerprint density at radius 3 is 2.40 bits per heavy atom. The molecule has 182 valence electrons. The monoisotopic (exact) mass is 491 g/mol. The Balaban J connectivity index is 1.32. The second kappa shape index (κ2) is 9.34. The Kier molecular flexibility index (Phi) is 6.23. The lowest BCUT2D eigenvalue weighted by atomic mass is 9.99. The van der Waals surface area contributed by atoms with Crippen LogP contribution in [0.4, 0.5) is 10.5 Å². The molecule has 0 saturated carbocycles. The number of fused-ring (bicyclic) bond motifs is 2. The highest BCUT2D eigenvalue weighted by Crippen LogP contribution is 2.38. The zero-order chi connectivity index (χ0) is 24.6. The normalized spacial score (nSPS) is 18.1. The van der Waals surface area contributed by atoms with Crippen molar-refractivity contribution in [2.75, 3.05) is 11.9 Å². The molecule has 7 nitrogen and oxygen atoms in total. The van der Waals surface area contributed by atoms with E-state index in [0.717, 1.165) is 66.5 Å². The zero-order valence-electron chi connectivity index (χ0n) is 19.7. The Bertz CT molecular complexity index is 1340. The van der Waals surface area contributed by atoms with Crippen molar-refractivity contribution in [3.8, 4) is 0 Å². The number of hydrogen-bond donors (Lipinski definition) is 3. The third-order valence-electron chi connectivity index (χ3n) is 6.94. The number of allylic oxidation sites excluding steroid dienone is 2. The highest BCUT2D eigenvalue weighted by atomic mass is 32.2. The maximum absolute atomic E-state index is 13.1. The van der Waals surface area contributed by atoms with Crippen LogP contribution in [0.5, 0.6) is 0 Å². The Morgan fingerprint density at radius 2 is 1.71 bits per heavy atom. The van der Waals surface area contributed by atoms with Gasteiger partial charge >= 0.3 is 6.03 Å². The van der Waals surface area contributed by atoms with Crippen molar-refractivity contribution in [1.82, 2.24) is 10.0 Å². The van der Waals surface area contributed by atoms with E-state index in [0.29, 0.717) is 6.54 Å². The summed E-state index contributed by atoms with van der Waals surface area (Å²) in [6.07, 6.45) is 11.8. The molecule has 0 aromatic heterocycles. The number of amides is 3. The summed E-state index contributed by atoms with van der Waals surface area (Å²) < 4.78 is 28.3. The van der Waals surface area contributed by atoms with Crippen LogP contribution in [-0.2, 0) is 40.5 Å². The van der Waals surface area contributed by atoms with Gasteiger partial charge in [-0.2, -0.15) is 0 Å². The summed E-state index contributed by atoms with van der Waals surface area (Å²) in [6, 6.07) is 8.12. The van der Waals surface area contributed by atoms with Crippen LogP contribution >= 0.6 is 0 Å². The van der Waals surface area contributed by atoms with Gasteiger partial charge in [-0.3, -0.25) is 4.79 Å². The van der Waals surface area contributed by atoms with Crippen LogP contribution in [0.15, 0.2) is 59.0 Å². The predicted molar refractivity (Wildman–Crippen MR) is 135 cm³/mol. The van der Waals surface area contributed by atoms with Crippen molar-refractivity contribution in [2.45, 2.75) is 56.3 Å². The van der Waals surface area contributed by atoms with Crippen LogP contribution in [0.1, 0.15) is 53.5 Å². The molecule has 3 amide bonds. The van der Waals surface area contributed by atoms with Crippen molar-refractivity contribution in [2.24, 2.45) is 0 Å². The van der Waals surface area contributed by atoms with E-state index in [1.807, 2.05) is 24.3 Å². The molecule has 8 heteroatoms. The van der Waals surface area contributed by atoms with Crippen LogP contribution in [0.25, 0.3) is 0 Å². The second-order valence-electron chi connectivity index (χ2n) is 9.40. The minimum Gasteiger partial charge on any atom is -0.352 e. The first kappa shape index (κ1) is 23.4. The molecular weight excluding hydrogens is 462 g/mol. The Morgan fingerprint density at radius 1 is 1.00 bits per heavy atom. The molecule has 0 saturated heterocycles. The lowest BCUT2D eigenvalue weighted by Gasteiger charge is -2.17. The van der Waals surface area contributed by atoms with E-state index in [4.69, 9.17) is 0 Å². The predicted octanol–water partition coefficient (Wildman–Crippen LogP) is 3.89. The van der Waals surface area contributed by atoms with E-state index in [2.05, 4.69) is 21.4 Å². The topological polar surface area (TPSA) is 104 Å². The van der Waals surface area contributed by atoms with Crippen molar-refractivity contribution < 1.29 is 18.0 Å². The number of sulfonamides is 1. The molecule has 3 N–H and O–H groups in total. The van der Waals surface area contributed by atoms with Crippen LogP contribution < -0.4 is 15.4 Å². The number of carbonyl (C=O) groups is 2. The van der Waals surface area contributed by atoms with Crippen molar-refractivity contribution in [3.05, 3.63) is 82.0 Å². The number of benzene rings is 2. The number of urea groups is 1. The van der Waals surface area contributed by atoms with Gasteiger partial charge < -0.3 is 10.6 Å². The van der Waals surface area contributed by atoms with Gasteiger partial charge in [0.05, 0.1) is 4.90 Å². The van der Waals surface area contributed by atoms with Crippen LogP contribution in [-0.4, -0.2) is 26.9 Å². The first-order valence-corrected chi connectivity index (χ1v) is 13.5. The SMILES string of the molecule is CC(=O)NCC1=CC(c2cccc(S(=O)(=O)NC(=O)Nc3c4c(cc5c3CCC5)CCC4)c2)C=C1. The lowest BCUT2D eigenvalue weighted by molar-refractivity contribution is -0.118. The summed E-state index contributed by atoms with van der Waals surface area (Å²) in [5.41, 5.74) is 7.39. The van der Waals surface area contributed by atoms with Gasteiger partial charge in [-0.15, -0.1) is 0 Å². The molecule has 3 aliphatic carbocycles. The van der Waals surface area contributed by atoms with Crippen LogP contribution in [0, 0.1) is 0 Å². The smallest absolute Gasteiger partial charge is 0.333 e. The highest BCUT2D eigenvalue weighted by molar-refractivity contribution is 7.90. The average molecular weight is 492 g/mol. The van der Waals surface area contributed by atoms with E-state index < -0.39 is 16.1 Å². The Labute approximate surface area is 205 Å². The third-order valence-corrected chi connectivity index (χ3v) is 8.27. The molecule has 0 spiro atoms. The summed E-state index contributed by atoms with van der Waals surface area (Å²) in [6.45, 7) is 1.89.